The van der Waals surface area contributed by atoms with Gasteiger partial charge in [-0.25, -0.2) is 0 Å². The van der Waals surface area contributed by atoms with E-state index in [0.717, 1.165) is 17.7 Å². The van der Waals surface area contributed by atoms with Gasteiger partial charge in [0.25, 0.3) is 0 Å². The van der Waals surface area contributed by atoms with Gasteiger partial charge in [-0.05, 0) is 25.5 Å². The fourth-order valence-corrected chi connectivity index (χ4v) is 1.79. The lowest BCUT2D eigenvalue weighted by Crippen LogP contribution is -2.23. The van der Waals surface area contributed by atoms with Crippen molar-refractivity contribution >= 4 is 0 Å². The highest BCUT2D eigenvalue weighted by Crippen LogP contribution is 2.21. The Hall–Kier alpha value is -1.55. The molecule has 0 aliphatic carbocycles. The summed E-state index contributed by atoms with van der Waals surface area (Å²) in [6.45, 7) is 4.26. The Morgan fingerprint density at radius 1 is 1.56 bits per heavy atom. The van der Waals surface area contributed by atoms with Crippen LogP contribution in [0.4, 0.5) is 0 Å². The second-order valence-electron chi connectivity index (χ2n) is 3.90. The van der Waals surface area contributed by atoms with E-state index in [1.54, 1.807) is 6.26 Å². The monoisotopic (exact) mass is 219 g/mol. The van der Waals surface area contributed by atoms with Crippen molar-refractivity contribution in [3.05, 3.63) is 42.1 Å². The minimum absolute atomic E-state index is 0.250. The van der Waals surface area contributed by atoms with E-state index in [2.05, 4.69) is 29.4 Å². The molecule has 0 amide bonds. The van der Waals surface area contributed by atoms with Crippen molar-refractivity contribution in [2.45, 2.75) is 32.4 Å². The van der Waals surface area contributed by atoms with Crippen molar-refractivity contribution in [2.24, 2.45) is 0 Å². The van der Waals surface area contributed by atoms with E-state index >= 15 is 0 Å². The summed E-state index contributed by atoms with van der Waals surface area (Å²) in [7, 11) is 0. The lowest BCUT2D eigenvalue weighted by atomic mass is 10.1. The van der Waals surface area contributed by atoms with Gasteiger partial charge >= 0.3 is 0 Å². The molecule has 0 fully saturated rings. The van der Waals surface area contributed by atoms with Gasteiger partial charge in [0.05, 0.1) is 18.5 Å². The molecule has 4 heteroatoms. The predicted octanol–water partition coefficient (Wildman–Crippen LogP) is 2.80. The summed E-state index contributed by atoms with van der Waals surface area (Å²) in [6.07, 6.45) is 6.46. The highest BCUT2D eigenvalue weighted by atomic mass is 16.3. The molecule has 4 nitrogen and oxygen atoms in total. The van der Waals surface area contributed by atoms with Crippen molar-refractivity contribution in [3.8, 4) is 0 Å². The van der Waals surface area contributed by atoms with E-state index in [-0.39, 0.29) is 12.1 Å². The molecule has 0 bridgehead atoms. The van der Waals surface area contributed by atoms with Crippen LogP contribution in [0, 0.1) is 0 Å². The number of hydrogen-bond donors (Lipinski definition) is 2. The molecular formula is C12H17N3O. The molecule has 0 saturated carbocycles. The third-order valence-electron chi connectivity index (χ3n) is 2.77. The maximum Gasteiger partial charge on any atom is 0.120 e. The third kappa shape index (κ3) is 2.33. The van der Waals surface area contributed by atoms with Crippen LogP contribution in [0.3, 0.4) is 0 Å². The van der Waals surface area contributed by atoms with Crippen molar-refractivity contribution in [3.63, 3.8) is 0 Å². The van der Waals surface area contributed by atoms with Gasteiger partial charge < -0.3 is 9.73 Å². The first-order valence-corrected chi connectivity index (χ1v) is 5.59. The van der Waals surface area contributed by atoms with Crippen LogP contribution in [-0.2, 0) is 0 Å². The minimum atomic E-state index is 0.250. The lowest BCUT2D eigenvalue weighted by Gasteiger charge is -2.19. The predicted molar refractivity (Wildman–Crippen MR) is 61.9 cm³/mol. The molecule has 86 valence electrons. The minimum Gasteiger partial charge on any atom is -0.468 e. The molecule has 0 saturated heterocycles. The number of furan rings is 1. The van der Waals surface area contributed by atoms with Crippen molar-refractivity contribution in [1.82, 2.24) is 15.5 Å². The molecule has 0 spiro atoms. The summed E-state index contributed by atoms with van der Waals surface area (Å²) < 4.78 is 5.42. The summed E-state index contributed by atoms with van der Waals surface area (Å²) in [5.41, 5.74) is 1.16. The van der Waals surface area contributed by atoms with Gasteiger partial charge in [-0.2, -0.15) is 5.10 Å². The number of H-pyrrole nitrogens is 1. The fraction of sp³-hybridized carbons (Fsp3) is 0.417. The third-order valence-corrected chi connectivity index (χ3v) is 2.77. The smallest absolute Gasteiger partial charge is 0.120 e. The summed E-state index contributed by atoms with van der Waals surface area (Å²) in [5, 5.41) is 10.3. The van der Waals surface area contributed by atoms with Crippen LogP contribution in [0.1, 0.15) is 43.7 Å². The molecule has 2 atom stereocenters. The van der Waals surface area contributed by atoms with Crippen LogP contribution in [-0.4, -0.2) is 10.2 Å². The quantitative estimate of drug-likeness (QED) is 0.813. The lowest BCUT2D eigenvalue weighted by molar-refractivity contribution is 0.376. The van der Waals surface area contributed by atoms with E-state index in [0.29, 0.717) is 0 Å². The molecule has 16 heavy (non-hydrogen) atoms. The van der Waals surface area contributed by atoms with E-state index in [1.165, 1.54) is 0 Å². The standard InChI is InChI=1S/C12H17N3O/c1-3-11(12-5-4-6-16-12)15-9(2)10-7-13-14-8-10/h4-9,11,15H,3H2,1-2H3,(H,13,14). The van der Waals surface area contributed by atoms with Crippen LogP contribution < -0.4 is 5.32 Å². The molecule has 2 unspecified atom stereocenters. The van der Waals surface area contributed by atoms with E-state index < -0.39 is 0 Å². The maximum absolute atomic E-state index is 5.42. The van der Waals surface area contributed by atoms with Crippen molar-refractivity contribution < 1.29 is 4.42 Å². The molecule has 2 rings (SSSR count). The van der Waals surface area contributed by atoms with E-state index in [9.17, 15) is 0 Å². The summed E-state index contributed by atoms with van der Waals surface area (Å²) >= 11 is 0. The zero-order valence-electron chi connectivity index (χ0n) is 9.60. The second-order valence-corrected chi connectivity index (χ2v) is 3.90. The topological polar surface area (TPSA) is 53.9 Å². The largest absolute Gasteiger partial charge is 0.468 e. The Morgan fingerprint density at radius 3 is 3.00 bits per heavy atom. The average Bonchev–Trinajstić information content (AvgIpc) is 2.96. The summed E-state index contributed by atoms with van der Waals surface area (Å²) in [4.78, 5) is 0. The van der Waals surface area contributed by atoms with Gasteiger partial charge in [0.15, 0.2) is 0 Å². The van der Waals surface area contributed by atoms with Crippen molar-refractivity contribution in [2.75, 3.05) is 0 Å². The van der Waals surface area contributed by atoms with Crippen LogP contribution in [0.15, 0.2) is 35.2 Å². The van der Waals surface area contributed by atoms with Crippen LogP contribution in [0.5, 0.6) is 0 Å². The summed E-state index contributed by atoms with van der Waals surface area (Å²) in [5.74, 6) is 0.984. The Balaban J connectivity index is 2.02. The van der Waals surface area contributed by atoms with Gasteiger partial charge in [-0.3, -0.25) is 5.10 Å². The van der Waals surface area contributed by atoms with Crippen LogP contribution in [0.2, 0.25) is 0 Å². The normalized spacial score (nSPS) is 14.9. The number of hydrogen-bond acceptors (Lipinski definition) is 3. The van der Waals surface area contributed by atoms with Crippen LogP contribution in [0.25, 0.3) is 0 Å². The first-order valence-electron chi connectivity index (χ1n) is 5.59. The molecule has 0 aliphatic rings. The number of rotatable bonds is 5. The Morgan fingerprint density at radius 2 is 2.44 bits per heavy atom. The van der Waals surface area contributed by atoms with Crippen LogP contribution >= 0.6 is 0 Å². The van der Waals surface area contributed by atoms with E-state index in [1.807, 2.05) is 24.5 Å². The maximum atomic E-state index is 5.42. The highest BCUT2D eigenvalue weighted by molar-refractivity contribution is 5.11. The average molecular weight is 219 g/mol. The second kappa shape index (κ2) is 4.99. The molecule has 0 aromatic carbocycles. The molecule has 0 radical (unpaired) electrons. The molecular weight excluding hydrogens is 202 g/mol. The van der Waals surface area contributed by atoms with Gasteiger partial charge in [0.1, 0.15) is 5.76 Å². The fourth-order valence-electron chi connectivity index (χ4n) is 1.79. The van der Waals surface area contributed by atoms with Gasteiger partial charge in [0.2, 0.25) is 0 Å². The number of aromatic amines is 1. The number of aromatic nitrogens is 2. The first kappa shape index (κ1) is 11.0. The molecule has 0 aliphatic heterocycles. The SMILES string of the molecule is CCC(NC(C)c1cn[nH]c1)c1ccco1. The number of nitrogens with one attached hydrogen (secondary N) is 2. The van der Waals surface area contributed by atoms with Crippen molar-refractivity contribution in [1.29, 1.82) is 0 Å². The molecule has 2 aromatic heterocycles. The molecule has 2 heterocycles. The number of nitrogens with zero attached hydrogens (tertiary/aromatic N) is 1. The van der Waals surface area contributed by atoms with Gasteiger partial charge in [-0.1, -0.05) is 6.92 Å². The molecule has 2 aromatic rings. The first-order chi connectivity index (χ1) is 7.81. The Bertz CT molecular complexity index is 394. The Kier molecular flexibility index (Phi) is 3.41. The zero-order chi connectivity index (χ0) is 11.4. The van der Waals surface area contributed by atoms with E-state index in [4.69, 9.17) is 4.42 Å². The van der Waals surface area contributed by atoms with Gasteiger partial charge in [-0.15, -0.1) is 0 Å². The highest BCUT2D eigenvalue weighted by Gasteiger charge is 2.16. The molecule has 2 N–H and O–H groups in total. The zero-order valence-corrected chi connectivity index (χ0v) is 9.60. The summed E-state index contributed by atoms with van der Waals surface area (Å²) in [6, 6.07) is 4.43. The Labute approximate surface area is 95.1 Å². The van der Waals surface area contributed by atoms with Gasteiger partial charge in [0, 0.05) is 17.8 Å².